The van der Waals surface area contributed by atoms with Gasteiger partial charge in [-0.05, 0) is 37.5 Å². The summed E-state index contributed by atoms with van der Waals surface area (Å²) in [5, 5.41) is 0. The number of ether oxygens (including phenoxy) is 2. The van der Waals surface area contributed by atoms with Crippen molar-refractivity contribution >= 4 is 11.9 Å². The van der Waals surface area contributed by atoms with E-state index in [1.165, 1.54) is 51.4 Å². The molecule has 4 heteroatoms. The van der Waals surface area contributed by atoms with Gasteiger partial charge in [0.25, 0.3) is 0 Å². The molecule has 0 fully saturated rings. The molecule has 1 unspecified atom stereocenters. The maximum atomic E-state index is 12.0. The van der Waals surface area contributed by atoms with E-state index in [9.17, 15) is 9.59 Å². The molecule has 0 spiro atoms. The fraction of sp³-hybridized carbons (Fsp3) is 0.926. The Hall–Kier alpha value is -1.06. The minimum Gasteiger partial charge on any atom is -0.466 e. The number of hydrogen-bond acceptors (Lipinski definition) is 4. The number of carbonyl (C=O) groups excluding carboxylic acids is 2. The van der Waals surface area contributed by atoms with Crippen LogP contribution in [0.2, 0.25) is 0 Å². The zero-order valence-electron chi connectivity index (χ0n) is 21.2. The van der Waals surface area contributed by atoms with Crippen LogP contribution in [0.1, 0.15) is 137 Å². The molecule has 0 N–H and O–H groups in total. The summed E-state index contributed by atoms with van der Waals surface area (Å²) in [4.78, 5) is 23.7. The lowest BCUT2D eigenvalue weighted by Gasteiger charge is -2.20. The molecule has 31 heavy (non-hydrogen) atoms. The molecule has 0 aliphatic rings. The number of unbranched alkanes of at least 4 members (excludes halogenated alkanes) is 10. The lowest BCUT2D eigenvalue weighted by Crippen LogP contribution is -2.13. The highest BCUT2D eigenvalue weighted by Crippen LogP contribution is 2.24. The van der Waals surface area contributed by atoms with Crippen LogP contribution in [0.4, 0.5) is 0 Å². The molecule has 0 rings (SSSR count). The second-order valence-electron chi connectivity index (χ2n) is 9.41. The van der Waals surface area contributed by atoms with Crippen molar-refractivity contribution in [2.24, 2.45) is 11.8 Å². The third kappa shape index (κ3) is 20.6. The summed E-state index contributed by atoms with van der Waals surface area (Å²) in [6.07, 6.45) is 18.0. The van der Waals surface area contributed by atoms with Crippen LogP contribution in [0.3, 0.4) is 0 Å². The summed E-state index contributed by atoms with van der Waals surface area (Å²) >= 11 is 0. The van der Waals surface area contributed by atoms with Gasteiger partial charge in [0.1, 0.15) is 0 Å². The van der Waals surface area contributed by atoms with Crippen molar-refractivity contribution in [3.05, 3.63) is 0 Å². The first-order valence-electron chi connectivity index (χ1n) is 13.3. The van der Waals surface area contributed by atoms with E-state index in [-0.39, 0.29) is 11.9 Å². The lowest BCUT2D eigenvalue weighted by atomic mass is 9.86. The fourth-order valence-electron chi connectivity index (χ4n) is 3.89. The predicted molar refractivity (Wildman–Crippen MR) is 130 cm³/mol. The number of hydrogen-bond donors (Lipinski definition) is 0. The van der Waals surface area contributed by atoms with Gasteiger partial charge < -0.3 is 9.47 Å². The predicted octanol–water partition coefficient (Wildman–Crippen LogP) is 8.02. The topological polar surface area (TPSA) is 52.6 Å². The van der Waals surface area contributed by atoms with Gasteiger partial charge in [-0.15, -0.1) is 0 Å². The van der Waals surface area contributed by atoms with E-state index in [4.69, 9.17) is 9.47 Å². The van der Waals surface area contributed by atoms with Crippen molar-refractivity contribution in [2.75, 3.05) is 13.2 Å². The van der Waals surface area contributed by atoms with Gasteiger partial charge in [0, 0.05) is 12.8 Å². The van der Waals surface area contributed by atoms with Crippen molar-refractivity contribution in [2.45, 2.75) is 137 Å². The second-order valence-corrected chi connectivity index (χ2v) is 9.41. The maximum Gasteiger partial charge on any atom is 0.305 e. The summed E-state index contributed by atoms with van der Waals surface area (Å²) < 4.78 is 10.7. The SMILES string of the molecule is CCCCCCOC(=O)CCCCCCCC(CCC(=O)OCCCCCC)C(C)C. The van der Waals surface area contributed by atoms with Crippen LogP contribution >= 0.6 is 0 Å². The molecule has 4 nitrogen and oxygen atoms in total. The van der Waals surface area contributed by atoms with E-state index in [2.05, 4.69) is 27.7 Å². The second kappa shape index (κ2) is 22.1. The van der Waals surface area contributed by atoms with Gasteiger partial charge in [-0.25, -0.2) is 0 Å². The quantitative estimate of drug-likeness (QED) is 0.126. The Morgan fingerprint density at radius 2 is 1.06 bits per heavy atom. The third-order valence-electron chi connectivity index (χ3n) is 6.14. The number of esters is 2. The molecular formula is C27H52O4. The normalized spacial score (nSPS) is 12.2. The highest BCUT2D eigenvalue weighted by atomic mass is 16.5. The van der Waals surface area contributed by atoms with Gasteiger partial charge in [-0.2, -0.15) is 0 Å². The zero-order valence-corrected chi connectivity index (χ0v) is 21.2. The van der Waals surface area contributed by atoms with Crippen LogP contribution in [0, 0.1) is 11.8 Å². The summed E-state index contributed by atoms with van der Waals surface area (Å²) in [5.41, 5.74) is 0. The molecule has 0 radical (unpaired) electrons. The Morgan fingerprint density at radius 3 is 1.61 bits per heavy atom. The molecule has 0 aromatic heterocycles. The first-order chi connectivity index (χ1) is 15.0. The summed E-state index contributed by atoms with van der Waals surface area (Å²) in [7, 11) is 0. The molecule has 0 saturated heterocycles. The molecule has 0 aromatic rings. The van der Waals surface area contributed by atoms with E-state index in [1.807, 2.05) is 0 Å². The van der Waals surface area contributed by atoms with Crippen molar-refractivity contribution in [3.63, 3.8) is 0 Å². The summed E-state index contributed by atoms with van der Waals surface area (Å²) in [6.45, 7) is 10.1. The van der Waals surface area contributed by atoms with Crippen molar-refractivity contribution in [3.8, 4) is 0 Å². The van der Waals surface area contributed by atoms with E-state index < -0.39 is 0 Å². The van der Waals surface area contributed by atoms with E-state index in [0.29, 0.717) is 37.9 Å². The Morgan fingerprint density at radius 1 is 0.581 bits per heavy atom. The standard InChI is InChI=1S/C27H52O4/c1-5-7-9-16-22-30-26(28)19-15-13-11-12-14-18-25(24(3)4)20-21-27(29)31-23-17-10-8-6-2/h24-25H,5-23H2,1-4H3. The van der Waals surface area contributed by atoms with Gasteiger partial charge in [0.2, 0.25) is 0 Å². The van der Waals surface area contributed by atoms with Crippen molar-refractivity contribution < 1.29 is 19.1 Å². The average molecular weight is 441 g/mol. The third-order valence-corrected chi connectivity index (χ3v) is 6.14. The van der Waals surface area contributed by atoms with Crippen LogP contribution in [0.5, 0.6) is 0 Å². The highest BCUT2D eigenvalue weighted by molar-refractivity contribution is 5.69. The molecule has 184 valence electrons. The van der Waals surface area contributed by atoms with E-state index in [0.717, 1.165) is 44.9 Å². The minimum atomic E-state index is -0.0337. The fourth-order valence-corrected chi connectivity index (χ4v) is 3.89. The highest BCUT2D eigenvalue weighted by Gasteiger charge is 2.15. The van der Waals surface area contributed by atoms with Crippen LogP contribution in [0.25, 0.3) is 0 Å². The van der Waals surface area contributed by atoms with Crippen LogP contribution in [-0.4, -0.2) is 25.2 Å². The van der Waals surface area contributed by atoms with Crippen LogP contribution < -0.4 is 0 Å². The maximum absolute atomic E-state index is 12.0. The molecule has 1 atom stereocenters. The van der Waals surface area contributed by atoms with Gasteiger partial charge in [0.15, 0.2) is 0 Å². The number of rotatable bonds is 22. The Kier molecular flexibility index (Phi) is 21.4. The van der Waals surface area contributed by atoms with Crippen molar-refractivity contribution in [1.29, 1.82) is 0 Å². The number of carbonyl (C=O) groups is 2. The molecule has 0 aromatic carbocycles. The first kappa shape index (κ1) is 29.9. The summed E-state index contributed by atoms with van der Waals surface area (Å²) in [6, 6.07) is 0. The Bertz CT molecular complexity index is 419. The molecule has 0 aliphatic carbocycles. The Labute approximate surface area is 193 Å². The van der Waals surface area contributed by atoms with Gasteiger partial charge >= 0.3 is 11.9 Å². The molecular weight excluding hydrogens is 388 g/mol. The molecule has 0 heterocycles. The summed E-state index contributed by atoms with van der Waals surface area (Å²) in [5.74, 6) is 1.13. The van der Waals surface area contributed by atoms with Crippen LogP contribution in [-0.2, 0) is 19.1 Å². The van der Waals surface area contributed by atoms with Gasteiger partial charge in [-0.3, -0.25) is 9.59 Å². The first-order valence-corrected chi connectivity index (χ1v) is 13.3. The van der Waals surface area contributed by atoms with Crippen molar-refractivity contribution in [1.82, 2.24) is 0 Å². The monoisotopic (exact) mass is 440 g/mol. The van der Waals surface area contributed by atoms with Crippen LogP contribution in [0.15, 0.2) is 0 Å². The largest absolute Gasteiger partial charge is 0.466 e. The zero-order chi connectivity index (χ0) is 23.2. The molecule has 0 saturated carbocycles. The Balaban J connectivity index is 3.68. The molecule has 0 aliphatic heterocycles. The molecule has 0 bridgehead atoms. The molecule has 0 amide bonds. The lowest BCUT2D eigenvalue weighted by molar-refractivity contribution is -0.145. The smallest absolute Gasteiger partial charge is 0.305 e. The van der Waals surface area contributed by atoms with E-state index in [1.54, 1.807) is 0 Å². The minimum absolute atomic E-state index is 0.0283. The average Bonchev–Trinajstić information content (AvgIpc) is 2.74. The van der Waals surface area contributed by atoms with E-state index >= 15 is 0 Å². The van der Waals surface area contributed by atoms with Gasteiger partial charge in [-0.1, -0.05) is 98.3 Å². The van der Waals surface area contributed by atoms with Gasteiger partial charge in [0.05, 0.1) is 13.2 Å².